The molecule has 0 radical (unpaired) electrons. The third-order valence-corrected chi connectivity index (χ3v) is 6.80. The number of unbranched alkanes of at least 4 members (excludes halogenated alkanes) is 2. The first-order valence-electron chi connectivity index (χ1n) is 10.7. The Kier molecular flexibility index (Phi) is 8.58. The second kappa shape index (κ2) is 11.4. The molecule has 0 aliphatic rings. The van der Waals surface area contributed by atoms with Gasteiger partial charge in [-0.3, -0.25) is 0 Å². The molecule has 0 spiro atoms. The van der Waals surface area contributed by atoms with Crippen LogP contribution in [0.25, 0.3) is 0 Å². The summed E-state index contributed by atoms with van der Waals surface area (Å²) < 4.78 is 12.6. The number of rotatable bonds is 12. The Balaban J connectivity index is 1.80. The van der Waals surface area contributed by atoms with Crippen LogP contribution in [-0.4, -0.2) is 19.1 Å². The fourth-order valence-corrected chi connectivity index (χ4v) is 4.81. The second-order valence-electron chi connectivity index (χ2n) is 7.53. The van der Waals surface area contributed by atoms with Crippen molar-refractivity contribution in [1.29, 1.82) is 0 Å². The summed E-state index contributed by atoms with van der Waals surface area (Å²) in [7, 11) is 3.97. The molecule has 0 aliphatic heterocycles. The van der Waals surface area contributed by atoms with Gasteiger partial charge in [0.1, 0.15) is 11.5 Å². The highest BCUT2D eigenvalue weighted by atomic mass is 32.1. The van der Waals surface area contributed by atoms with Crippen molar-refractivity contribution in [3.63, 3.8) is 0 Å². The summed E-state index contributed by atoms with van der Waals surface area (Å²) >= 11 is 3.39. The SMILES string of the molecule is CCCCc1ccc(OC(Oc2ccc(CCCC)s2)c2cccc(N(C)C)n2)s1. The molecule has 0 saturated heterocycles. The van der Waals surface area contributed by atoms with Crippen molar-refractivity contribution in [2.75, 3.05) is 19.0 Å². The molecule has 3 aromatic rings. The van der Waals surface area contributed by atoms with Gasteiger partial charge in [-0.2, -0.15) is 0 Å². The molecule has 0 saturated carbocycles. The predicted octanol–water partition coefficient (Wildman–Crippen LogP) is 7.11. The number of pyridine rings is 1. The molecular formula is C24H32N2O2S2. The largest absolute Gasteiger partial charge is 0.439 e. The zero-order valence-electron chi connectivity index (χ0n) is 18.4. The van der Waals surface area contributed by atoms with Crippen molar-refractivity contribution in [3.8, 4) is 10.1 Å². The molecule has 3 aromatic heterocycles. The molecule has 162 valence electrons. The van der Waals surface area contributed by atoms with E-state index in [0.717, 1.165) is 34.5 Å². The number of ether oxygens (including phenoxy) is 2. The molecule has 0 aliphatic carbocycles. The fraction of sp³-hybridized carbons (Fsp3) is 0.458. The highest BCUT2D eigenvalue weighted by Gasteiger charge is 2.20. The normalized spacial score (nSPS) is 11.1. The van der Waals surface area contributed by atoms with E-state index in [-0.39, 0.29) is 0 Å². The summed E-state index contributed by atoms with van der Waals surface area (Å²) in [5.74, 6) is 0.884. The van der Waals surface area contributed by atoms with E-state index in [4.69, 9.17) is 14.5 Å². The maximum absolute atomic E-state index is 6.31. The number of nitrogens with zero attached hydrogens (tertiary/aromatic N) is 2. The van der Waals surface area contributed by atoms with Crippen molar-refractivity contribution in [3.05, 3.63) is 57.9 Å². The first-order valence-corrected chi connectivity index (χ1v) is 12.4. The quantitative estimate of drug-likeness (QED) is 0.279. The van der Waals surface area contributed by atoms with Gasteiger partial charge in [-0.05, 0) is 62.1 Å². The van der Waals surface area contributed by atoms with Crippen LogP contribution in [0.1, 0.15) is 61.3 Å². The molecule has 0 atom stereocenters. The summed E-state index contributed by atoms with van der Waals surface area (Å²) in [6.07, 6.45) is 6.39. The molecule has 0 aromatic carbocycles. The first-order chi connectivity index (χ1) is 14.6. The van der Waals surface area contributed by atoms with E-state index in [1.165, 1.54) is 35.4 Å². The van der Waals surface area contributed by atoms with Crippen LogP contribution < -0.4 is 14.4 Å². The monoisotopic (exact) mass is 444 g/mol. The third-order valence-electron chi connectivity index (χ3n) is 4.73. The van der Waals surface area contributed by atoms with E-state index in [0.29, 0.717) is 0 Å². The van der Waals surface area contributed by atoms with Crippen LogP contribution in [0.3, 0.4) is 0 Å². The summed E-state index contributed by atoms with van der Waals surface area (Å²) in [6, 6.07) is 14.4. The van der Waals surface area contributed by atoms with Gasteiger partial charge in [-0.1, -0.05) is 32.8 Å². The van der Waals surface area contributed by atoms with Gasteiger partial charge >= 0.3 is 0 Å². The van der Waals surface area contributed by atoms with Crippen molar-refractivity contribution in [1.82, 2.24) is 4.98 Å². The molecule has 0 bridgehead atoms. The lowest BCUT2D eigenvalue weighted by Gasteiger charge is -2.20. The predicted molar refractivity (Wildman–Crippen MR) is 128 cm³/mol. The van der Waals surface area contributed by atoms with Gasteiger partial charge in [0.15, 0.2) is 10.1 Å². The Morgan fingerprint density at radius 2 is 1.40 bits per heavy atom. The van der Waals surface area contributed by atoms with Crippen molar-refractivity contribution in [2.24, 2.45) is 0 Å². The van der Waals surface area contributed by atoms with E-state index < -0.39 is 6.29 Å². The number of aryl methyl sites for hydroxylation is 2. The van der Waals surface area contributed by atoms with Crippen molar-refractivity contribution < 1.29 is 9.47 Å². The van der Waals surface area contributed by atoms with E-state index in [1.807, 2.05) is 49.3 Å². The van der Waals surface area contributed by atoms with Crippen LogP contribution >= 0.6 is 22.7 Å². The van der Waals surface area contributed by atoms with E-state index in [1.54, 1.807) is 22.7 Å². The van der Waals surface area contributed by atoms with Crippen LogP contribution in [0.5, 0.6) is 10.1 Å². The summed E-state index contributed by atoms with van der Waals surface area (Å²) in [4.78, 5) is 9.44. The molecular weight excluding hydrogens is 412 g/mol. The zero-order valence-corrected chi connectivity index (χ0v) is 20.0. The van der Waals surface area contributed by atoms with E-state index >= 15 is 0 Å². The number of hydrogen-bond donors (Lipinski definition) is 0. The number of hydrogen-bond acceptors (Lipinski definition) is 6. The minimum absolute atomic E-state index is 0.583. The maximum Gasteiger partial charge on any atom is 0.286 e. The maximum atomic E-state index is 6.31. The van der Waals surface area contributed by atoms with E-state index in [2.05, 4.69) is 26.0 Å². The molecule has 0 unspecified atom stereocenters. The van der Waals surface area contributed by atoms with Crippen LogP contribution in [0.15, 0.2) is 42.5 Å². The zero-order chi connectivity index (χ0) is 21.3. The molecule has 0 amide bonds. The van der Waals surface area contributed by atoms with Gasteiger partial charge in [0, 0.05) is 23.8 Å². The Morgan fingerprint density at radius 1 is 0.833 bits per heavy atom. The van der Waals surface area contributed by atoms with E-state index in [9.17, 15) is 0 Å². The molecule has 0 fully saturated rings. The smallest absolute Gasteiger partial charge is 0.286 e. The summed E-state index contributed by atoms with van der Waals surface area (Å²) in [5.41, 5.74) is 0.771. The average molecular weight is 445 g/mol. The highest BCUT2D eigenvalue weighted by Crippen LogP contribution is 2.34. The lowest BCUT2D eigenvalue weighted by molar-refractivity contribution is 0.00650. The summed E-state index contributed by atoms with van der Waals surface area (Å²) in [6.45, 7) is 4.43. The third kappa shape index (κ3) is 6.47. The first kappa shape index (κ1) is 22.6. The topological polar surface area (TPSA) is 34.6 Å². The Morgan fingerprint density at radius 3 is 1.90 bits per heavy atom. The Labute approximate surface area is 188 Å². The molecule has 0 N–H and O–H groups in total. The fourth-order valence-electron chi connectivity index (χ4n) is 2.99. The van der Waals surface area contributed by atoms with Crippen molar-refractivity contribution >= 4 is 28.5 Å². The van der Waals surface area contributed by atoms with Gasteiger partial charge in [0.05, 0.1) is 0 Å². The molecule has 3 heterocycles. The van der Waals surface area contributed by atoms with Gasteiger partial charge in [-0.25, -0.2) is 4.98 Å². The molecule has 6 heteroatoms. The number of thiophene rings is 2. The average Bonchev–Trinajstić information content (AvgIpc) is 3.39. The minimum atomic E-state index is -0.583. The van der Waals surface area contributed by atoms with Gasteiger partial charge < -0.3 is 14.4 Å². The lowest BCUT2D eigenvalue weighted by atomic mass is 10.2. The Hall–Kier alpha value is -2.05. The van der Waals surface area contributed by atoms with Crippen LogP contribution in [0.4, 0.5) is 5.82 Å². The van der Waals surface area contributed by atoms with Gasteiger partial charge in [0.2, 0.25) is 0 Å². The molecule has 4 nitrogen and oxygen atoms in total. The summed E-state index contributed by atoms with van der Waals surface area (Å²) in [5, 5.41) is 1.73. The molecule has 30 heavy (non-hydrogen) atoms. The van der Waals surface area contributed by atoms with Crippen molar-refractivity contribution in [2.45, 2.75) is 58.7 Å². The number of anilines is 1. The van der Waals surface area contributed by atoms with Gasteiger partial charge in [-0.15, -0.1) is 22.7 Å². The molecule has 3 rings (SSSR count). The standard InChI is InChI=1S/C24H32N2O2S2/c1-5-7-10-18-14-16-22(29-18)27-24(20-12-9-13-21(25-20)26(3)4)28-23-17-15-19(30-23)11-8-6-2/h9,12-17,24H,5-8,10-11H2,1-4H3. The highest BCUT2D eigenvalue weighted by molar-refractivity contribution is 7.14. The van der Waals surface area contributed by atoms with Gasteiger partial charge in [0.25, 0.3) is 6.29 Å². The van der Waals surface area contributed by atoms with Crippen LogP contribution in [0, 0.1) is 0 Å². The Bertz CT molecular complexity index is 856. The van der Waals surface area contributed by atoms with Crippen LogP contribution in [-0.2, 0) is 12.8 Å². The van der Waals surface area contributed by atoms with Crippen LogP contribution in [0.2, 0.25) is 0 Å². The minimum Gasteiger partial charge on any atom is -0.439 e. The lowest BCUT2D eigenvalue weighted by Crippen LogP contribution is -2.18. The number of aromatic nitrogens is 1. The second-order valence-corrected chi connectivity index (χ2v) is 9.79.